The fourth-order valence-electron chi connectivity index (χ4n) is 1.74. The monoisotopic (exact) mass is 376 g/mol. The van der Waals surface area contributed by atoms with E-state index in [9.17, 15) is 4.79 Å². The zero-order chi connectivity index (χ0) is 16.2. The molecule has 0 radical (unpaired) electrons. The minimum absolute atomic E-state index is 0.376. The molecule has 0 aromatic heterocycles. The van der Waals surface area contributed by atoms with Gasteiger partial charge in [-0.25, -0.2) is 0 Å². The van der Waals surface area contributed by atoms with Crippen molar-refractivity contribution in [2.45, 2.75) is 9.96 Å². The highest BCUT2D eigenvalue weighted by molar-refractivity contribution is 6.68. The van der Waals surface area contributed by atoms with Crippen LogP contribution in [0.25, 0.3) is 0 Å². The number of halogens is 4. The van der Waals surface area contributed by atoms with Crippen LogP contribution in [0.4, 0.5) is 5.69 Å². The number of carbonyl (C=O) groups is 1. The van der Waals surface area contributed by atoms with Gasteiger partial charge in [-0.1, -0.05) is 70.7 Å². The number of anilines is 1. The molecule has 0 bridgehead atoms. The predicted molar refractivity (Wildman–Crippen MR) is 93.1 cm³/mol. The van der Waals surface area contributed by atoms with Crippen molar-refractivity contribution in [2.24, 2.45) is 0 Å². The molecule has 0 unspecified atom stereocenters. The van der Waals surface area contributed by atoms with Crippen LogP contribution >= 0.6 is 46.4 Å². The van der Waals surface area contributed by atoms with Crippen LogP contribution in [0.2, 0.25) is 5.02 Å². The molecule has 1 atom stereocenters. The van der Waals surface area contributed by atoms with Gasteiger partial charge in [0.25, 0.3) is 5.91 Å². The fourth-order valence-corrected chi connectivity index (χ4v) is 2.26. The molecule has 0 aliphatic carbocycles. The number of amides is 1. The highest BCUT2D eigenvalue weighted by Gasteiger charge is 2.34. The summed E-state index contributed by atoms with van der Waals surface area (Å²) >= 11 is 23.7. The number of carbonyl (C=O) groups excluding carboxylic acids is 1. The van der Waals surface area contributed by atoms with Crippen molar-refractivity contribution in [1.82, 2.24) is 5.32 Å². The highest BCUT2D eigenvalue weighted by Crippen LogP contribution is 2.31. The van der Waals surface area contributed by atoms with Crippen molar-refractivity contribution in [1.29, 1.82) is 0 Å². The van der Waals surface area contributed by atoms with E-state index in [1.165, 1.54) is 6.07 Å². The van der Waals surface area contributed by atoms with Gasteiger partial charge in [0.2, 0.25) is 3.79 Å². The molecule has 0 aliphatic rings. The summed E-state index contributed by atoms with van der Waals surface area (Å²) in [6.07, 6.45) is -0.911. The third-order valence-electron chi connectivity index (χ3n) is 2.77. The Labute approximate surface area is 148 Å². The summed E-state index contributed by atoms with van der Waals surface area (Å²) < 4.78 is -1.73. The zero-order valence-corrected chi connectivity index (χ0v) is 14.2. The first kappa shape index (κ1) is 17.2. The number of rotatable bonds is 4. The van der Waals surface area contributed by atoms with Gasteiger partial charge in [0, 0.05) is 16.3 Å². The molecule has 2 aromatic carbocycles. The van der Waals surface area contributed by atoms with E-state index in [0.29, 0.717) is 16.3 Å². The molecule has 2 N–H and O–H groups in total. The minimum atomic E-state index is -1.73. The van der Waals surface area contributed by atoms with E-state index < -0.39 is 15.9 Å². The van der Waals surface area contributed by atoms with E-state index >= 15 is 0 Å². The van der Waals surface area contributed by atoms with Gasteiger partial charge < -0.3 is 10.6 Å². The van der Waals surface area contributed by atoms with Gasteiger partial charge in [-0.2, -0.15) is 0 Å². The van der Waals surface area contributed by atoms with Gasteiger partial charge >= 0.3 is 0 Å². The Hall–Kier alpha value is -1.13. The van der Waals surface area contributed by atoms with Crippen molar-refractivity contribution < 1.29 is 4.79 Å². The van der Waals surface area contributed by atoms with Gasteiger partial charge in [0.15, 0.2) is 0 Å². The maximum Gasteiger partial charge on any atom is 0.253 e. The number of para-hydroxylation sites is 1. The molecule has 22 heavy (non-hydrogen) atoms. The Kier molecular flexibility index (Phi) is 5.81. The van der Waals surface area contributed by atoms with E-state index in [1.54, 1.807) is 30.3 Å². The van der Waals surface area contributed by atoms with Crippen molar-refractivity contribution in [2.75, 3.05) is 5.32 Å². The summed E-state index contributed by atoms with van der Waals surface area (Å²) in [7, 11) is 0. The molecule has 0 heterocycles. The van der Waals surface area contributed by atoms with Crippen molar-refractivity contribution in [3.05, 3.63) is 65.2 Å². The first-order valence-corrected chi connectivity index (χ1v) is 7.82. The molecule has 116 valence electrons. The first-order chi connectivity index (χ1) is 10.4. The highest BCUT2D eigenvalue weighted by atomic mass is 35.6. The van der Waals surface area contributed by atoms with Crippen LogP contribution in [0.1, 0.15) is 10.4 Å². The van der Waals surface area contributed by atoms with Gasteiger partial charge in [-0.3, -0.25) is 4.79 Å². The average Bonchev–Trinajstić information content (AvgIpc) is 2.46. The Bertz CT molecular complexity index is 643. The lowest BCUT2D eigenvalue weighted by atomic mass is 10.2. The lowest BCUT2D eigenvalue weighted by Gasteiger charge is -2.27. The molecule has 2 aromatic rings. The largest absolute Gasteiger partial charge is 0.362 e. The number of hydrogen-bond acceptors (Lipinski definition) is 2. The minimum Gasteiger partial charge on any atom is -0.362 e. The standard InChI is InChI=1S/C15H12Cl4N2O/c16-11-6-4-5-10(9-11)13(22)21-14(15(17,18)19)20-12-7-2-1-3-8-12/h1-9,14,20H,(H,21,22)/t14-/m0/s1. The Morgan fingerprint density at radius 3 is 2.27 bits per heavy atom. The molecule has 0 fully saturated rings. The zero-order valence-electron chi connectivity index (χ0n) is 11.2. The Morgan fingerprint density at radius 2 is 1.68 bits per heavy atom. The normalized spacial score (nSPS) is 12.5. The van der Waals surface area contributed by atoms with Gasteiger partial charge in [0.05, 0.1) is 0 Å². The Balaban J connectivity index is 2.15. The van der Waals surface area contributed by atoms with E-state index in [2.05, 4.69) is 10.6 Å². The second kappa shape index (κ2) is 7.42. The molecule has 7 heteroatoms. The van der Waals surface area contributed by atoms with Crippen molar-refractivity contribution in [3.8, 4) is 0 Å². The van der Waals surface area contributed by atoms with Crippen LogP contribution in [0, 0.1) is 0 Å². The van der Waals surface area contributed by atoms with Crippen LogP contribution in [0.15, 0.2) is 54.6 Å². The van der Waals surface area contributed by atoms with E-state index in [4.69, 9.17) is 46.4 Å². The summed E-state index contributed by atoms with van der Waals surface area (Å²) in [4.78, 5) is 12.3. The quantitative estimate of drug-likeness (QED) is 0.588. The maximum atomic E-state index is 12.3. The van der Waals surface area contributed by atoms with Gasteiger partial charge in [-0.05, 0) is 30.3 Å². The van der Waals surface area contributed by atoms with Gasteiger partial charge in [-0.15, -0.1) is 0 Å². The third kappa shape index (κ3) is 4.96. The molecule has 1 amide bonds. The van der Waals surface area contributed by atoms with Crippen LogP contribution in [-0.4, -0.2) is 15.9 Å². The molecule has 0 saturated heterocycles. The third-order valence-corrected chi connectivity index (χ3v) is 3.66. The SMILES string of the molecule is O=C(N[C@H](Nc1ccccc1)C(Cl)(Cl)Cl)c1cccc(Cl)c1. The molecular formula is C15H12Cl4N2O. The Morgan fingerprint density at radius 1 is 1.00 bits per heavy atom. The summed E-state index contributed by atoms with van der Waals surface area (Å²) in [6.45, 7) is 0. The molecule has 3 nitrogen and oxygen atoms in total. The summed E-state index contributed by atoms with van der Waals surface area (Å²) in [5, 5.41) is 6.07. The first-order valence-electron chi connectivity index (χ1n) is 6.31. The smallest absolute Gasteiger partial charge is 0.253 e. The van der Waals surface area contributed by atoms with Crippen molar-refractivity contribution >= 4 is 58.0 Å². The van der Waals surface area contributed by atoms with E-state index in [-0.39, 0.29) is 0 Å². The molecule has 2 rings (SSSR count). The number of alkyl halides is 3. The summed E-state index contributed by atoms with van der Waals surface area (Å²) in [5.41, 5.74) is 1.09. The predicted octanol–water partition coefficient (Wildman–Crippen LogP) is 4.88. The van der Waals surface area contributed by atoms with Crippen molar-refractivity contribution in [3.63, 3.8) is 0 Å². The topological polar surface area (TPSA) is 41.1 Å². The number of nitrogens with one attached hydrogen (secondary N) is 2. The van der Waals surface area contributed by atoms with Crippen LogP contribution in [0.3, 0.4) is 0 Å². The van der Waals surface area contributed by atoms with Gasteiger partial charge in [0.1, 0.15) is 6.17 Å². The maximum absolute atomic E-state index is 12.3. The summed E-state index contributed by atoms with van der Waals surface area (Å²) in [6, 6.07) is 15.6. The summed E-state index contributed by atoms with van der Waals surface area (Å²) in [5.74, 6) is -0.401. The fraction of sp³-hybridized carbons (Fsp3) is 0.133. The second-order valence-electron chi connectivity index (χ2n) is 4.47. The molecular weight excluding hydrogens is 366 g/mol. The van der Waals surface area contributed by atoms with Crippen LogP contribution in [0.5, 0.6) is 0 Å². The van der Waals surface area contributed by atoms with E-state index in [1.807, 2.05) is 18.2 Å². The van der Waals surface area contributed by atoms with Crippen LogP contribution < -0.4 is 10.6 Å². The molecule has 0 spiro atoms. The lowest BCUT2D eigenvalue weighted by Crippen LogP contribution is -2.49. The van der Waals surface area contributed by atoms with Crippen LogP contribution in [-0.2, 0) is 0 Å². The molecule has 0 saturated carbocycles. The lowest BCUT2D eigenvalue weighted by molar-refractivity contribution is 0.0942. The number of benzene rings is 2. The second-order valence-corrected chi connectivity index (χ2v) is 7.27. The molecule has 0 aliphatic heterocycles. The number of hydrogen-bond donors (Lipinski definition) is 2. The van der Waals surface area contributed by atoms with E-state index in [0.717, 1.165) is 0 Å². The average molecular weight is 378 g/mol.